The highest BCUT2D eigenvalue weighted by molar-refractivity contribution is 5.45. The molecular formula is C28H33NO3. The molecule has 1 unspecified atom stereocenters. The number of ether oxygens (including phenoxy) is 2. The summed E-state index contributed by atoms with van der Waals surface area (Å²) in [4.78, 5) is 2.45. The zero-order chi connectivity index (χ0) is 22.6. The zero-order valence-electron chi connectivity index (χ0n) is 19.2. The van der Waals surface area contributed by atoms with Gasteiger partial charge in [0.05, 0.1) is 13.2 Å². The number of methoxy groups -OCH3 is 1. The monoisotopic (exact) mass is 431 g/mol. The van der Waals surface area contributed by atoms with Crippen LogP contribution < -0.4 is 9.47 Å². The maximum atomic E-state index is 10.8. The molecular weight excluding hydrogens is 398 g/mol. The highest BCUT2D eigenvalue weighted by atomic mass is 16.5. The minimum atomic E-state index is -0.427. The van der Waals surface area contributed by atoms with Crippen molar-refractivity contribution in [1.82, 2.24) is 4.90 Å². The van der Waals surface area contributed by atoms with Crippen molar-refractivity contribution < 1.29 is 14.6 Å². The van der Waals surface area contributed by atoms with Gasteiger partial charge < -0.3 is 14.6 Å². The summed E-state index contributed by atoms with van der Waals surface area (Å²) >= 11 is 0. The van der Waals surface area contributed by atoms with E-state index in [0.717, 1.165) is 36.7 Å². The summed E-state index contributed by atoms with van der Waals surface area (Å²) in [7, 11) is 1.67. The molecule has 0 saturated carbocycles. The SMILES string of the molecule is COc1ccc([C@@H]2CN(Cc3ccccc3)CC2(C)[C@@H](C)O)cc1OCc1ccccc1. The normalized spacial score (nSPS) is 21.9. The van der Waals surface area contributed by atoms with E-state index in [9.17, 15) is 5.11 Å². The molecule has 0 amide bonds. The van der Waals surface area contributed by atoms with Crippen molar-refractivity contribution in [3.63, 3.8) is 0 Å². The molecule has 1 saturated heterocycles. The molecule has 4 heteroatoms. The van der Waals surface area contributed by atoms with E-state index in [-0.39, 0.29) is 11.3 Å². The predicted molar refractivity (Wildman–Crippen MR) is 128 cm³/mol. The third-order valence-corrected chi connectivity index (χ3v) is 6.83. The van der Waals surface area contributed by atoms with E-state index in [4.69, 9.17) is 9.47 Å². The minimum Gasteiger partial charge on any atom is -0.493 e. The van der Waals surface area contributed by atoms with Gasteiger partial charge in [0.25, 0.3) is 0 Å². The van der Waals surface area contributed by atoms with Gasteiger partial charge in [-0.15, -0.1) is 0 Å². The molecule has 4 rings (SSSR count). The van der Waals surface area contributed by atoms with E-state index in [0.29, 0.717) is 6.61 Å². The van der Waals surface area contributed by atoms with Crippen molar-refractivity contribution in [1.29, 1.82) is 0 Å². The Balaban J connectivity index is 1.58. The fourth-order valence-corrected chi connectivity index (χ4v) is 4.75. The van der Waals surface area contributed by atoms with E-state index >= 15 is 0 Å². The van der Waals surface area contributed by atoms with Crippen molar-refractivity contribution in [3.8, 4) is 11.5 Å². The average Bonchev–Trinajstić information content (AvgIpc) is 3.16. The molecule has 3 aromatic carbocycles. The fourth-order valence-electron chi connectivity index (χ4n) is 4.75. The Morgan fingerprint density at radius 2 is 1.62 bits per heavy atom. The lowest BCUT2D eigenvalue weighted by Gasteiger charge is -2.34. The van der Waals surface area contributed by atoms with Gasteiger partial charge in [0, 0.05) is 31.0 Å². The van der Waals surface area contributed by atoms with Crippen molar-refractivity contribution in [2.45, 2.75) is 39.0 Å². The molecule has 3 aromatic rings. The van der Waals surface area contributed by atoms with E-state index in [1.807, 2.05) is 37.3 Å². The van der Waals surface area contributed by atoms with Gasteiger partial charge in [-0.05, 0) is 35.7 Å². The lowest BCUT2D eigenvalue weighted by molar-refractivity contribution is 0.0474. The number of hydrogen-bond donors (Lipinski definition) is 1. The molecule has 4 nitrogen and oxygen atoms in total. The van der Waals surface area contributed by atoms with Gasteiger partial charge in [-0.1, -0.05) is 73.7 Å². The Hall–Kier alpha value is -2.82. The number of aliphatic hydroxyl groups is 1. The van der Waals surface area contributed by atoms with Crippen LogP contribution in [-0.4, -0.2) is 36.3 Å². The third kappa shape index (κ3) is 4.82. The summed E-state index contributed by atoms with van der Waals surface area (Å²) in [5.74, 6) is 1.65. The van der Waals surface area contributed by atoms with Gasteiger partial charge in [-0.25, -0.2) is 0 Å². The van der Waals surface area contributed by atoms with Crippen LogP contribution in [0.4, 0.5) is 0 Å². The summed E-state index contributed by atoms with van der Waals surface area (Å²) in [5, 5.41) is 10.8. The van der Waals surface area contributed by atoms with Gasteiger partial charge in [-0.2, -0.15) is 0 Å². The number of benzene rings is 3. The maximum Gasteiger partial charge on any atom is 0.161 e. The second kappa shape index (κ2) is 9.76. The topological polar surface area (TPSA) is 41.9 Å². The van der Waals surface area contributed by atoms with E-state index in [2.05, 4.69) is 60.4 Å². The second-order valence-corrected chi connectivity index (χ2v) is 9.07. The minimum absolute atomic E-state index is 0.191. The quantitative estimate of drug-likeness (QED) is 0.528. The first kappa shape index (κ1) is 22.4. The lowest BCUT2D eigenvalue weighted by Crippen LogP contribution is -2.37. The molecule has 1 fully saturated rings. The molecule has 0 spiro atoms. The van der Waals surface area contributed by atoms with Crippen LogP contribution in [0.25, 0.3) is 0 Å². The molecule has 0 radical (unpaired) electrons. The third-order valence-electron chi connectivity index (χ3n) is 6.83. The van der Waals surface area contributed by atoms with Crippen LogP contribution in [-0.2, 0) is 13.2 Å². The average molecular weight is 432 g/mol. The first-order chi connectivity index (χ1) is 15.5. The Morgan fingerprint density at radius 1 is 0.969 bits per heavy atom. The number of hydrogen-bond acceptors (Lipinski definition) is 4. The van der Waals surface area contributed by atoms with Crippen molar-refractivity contribution >= 4 is 0 Å². The van der Waals surface area contributed by atoms with Crippen LogP contribution >= 0.6 is 0 Å². The van der Waals surface area contributed by atoms with Crippen LogP contribution in [0.3, 0.4) is 0 Å². The van der Waals surface area contributed by atoms with Crippen molar-refractivity contribution in [2.24, 2.45) is 5.41 Å². The Morgan fingerprint density at radius 3 is 2.25 bits per heavy atom. The summed E-state index contributed by atoms with van der Waals surface area (Å²) in [5.41, 5.74) is 3.33. The van der Waals surface area contributed by atoms with Crippen molar-refractivity contribution in [2.75, 3.05) is 20.2 Å². The molecule has 1 aliphatic heterocycles. The van der Waals surface area contributed by atoms with Crippen LogP contribution in [0.2, 0.25) is 0 Å². The summed E-state index contributed by atoms with van der Waals surface area (Å²) in [6, 6.07) is 26.9. The Kier molecular flexibility index (Phi) is 6.83. The number of nitrogens with zero attached hydrogens (tertiary/aromatic N) is 1. The van der Waals surface area contributed by atoms with E-state index < -0.39 is 6.10 Å². The van der Waals surface area contributed by atoms with Crippen LogP contribution in [0.5, 0.6) is 11.5 Å². The largest absolute Gasteiger partial charge is 0.493 e. The number of likely N-dealkylation sites (tertiary alicyclic amines) is 1. The second-order valence-electron chi connectivity index (χ2n) is 9.07. The molecule has 0 aromatic heterocycles. The Bertz CT molecular complexity index is 1010. The lowest BCUT2D eigenvalue weighted by atomic mass is 9.72. The molecule has 1 heterocycles. The molecule has 168 valence electrons. The molecule has 0 aliphatic carbocycles. The highest BCUT2D eigenvalue weighted by Crippen LogP contribution is 2.47. The number of aliphatic hydroxyl groups excluding tert-OH is 1. The van der Waals surface area contributed by atoms with Gasteiger partial charge in [-0.3, -0.25) is 4.90 Å². The predicted octanol–water partition coefficient (Wildman–Crippen LogP) is 5.26. The first-order valence-corrected chi connectivity index (χ1v) is 11.3. The Labute approximate surface area is 191 Å². The number of rotatable bonds is 8. The van der Waals surface area contributed by atoms with Crippen molar-refractivity contribution in [3.05, 3.63) is 95.6 Å². The molecule has 32 heavy (non-hydrogen) atoms. The van der Waals surface area contributed by atoms with Gasteiger partial charge in [0.1, 0.15) is 6.61 Å². The molecule has 3 atom stereocenters. The fraction of sp³-hybridized carbons (Fsp3) is 0.357. The van der Waals surface area contributed by atoms with E-state index in [1.54, 1.807) is 7.11 Å². The van der Waals surface area contributed by atoms with Gasteiger partial charge in [0.2, 0.25) is 0 Å². The summed E-state index contributed by atoms with van der Waals surface area (Å²) < 4.78 is 11.7. The van der Waals surface area contributed by atoms with Gasteiger partial charge >= 0.3 is 0 Å². The molecule has 1 N–H and O–H groups in total. The molecule has 0 bridgehead atoms. The maximum absolute atomic E-state index is 10.8. The standard InChI is InChI=1S/C28H33NO3/c1-21(30)28(2)20-29(17-22-10-6-4-7-11-22)18-25(28)24-14-15-26(31-3)27(16-24)32-19-23-12-8-5-9-13-23/h4-16,21,25,30H,17-20H2,1-3H3/t21-,25+,28?/m1/s1. The van der Waals surface area contributed by atoms with Gasteiger partial charge in [0.15, 0.2) is 11.5 Å². The van der Waals surface area contributed by atoms with Crippen LogP contribution in [0.15, 0.2) is 78.9 Å². The first-order valence-electron chi connectivity index (χ1n) is 11.3. The van der Waals surface area contributed by atoms with Crippen LogP contribution in [0.1, 0.15) is 36.5 Å². The van der Waals surface area contributed by atoms with E-state index in [1.165, 1.54) is 11.1 Å². The highest BCUT2D eigenvalue weighted by Gasteiger charge is 2.46. The molecule has 1 aliphatic rings. The van der Waals surface area contributed by atoms with Crippen LogP contribution in [0, 0.1) is 5.41 Å². The smallest absolute Gasteiger partial charge is 0.161 e. The summed E-state index contributed by atoms with van der Waals surface area (Å²) in [6.07, 6.45) is -0.427. The summed E-state index contributed by atoms with van der Waals surface area (Å²) in [6.45, 7) is 7.21. The zero-order valence-corrected chi connectivity index (χ0v) is 19.2.